The van der Waals surface area contributed by atoms with Crippen LogP contribution in [0.5, 0.6) is 17.6 Å². The second-order valence-corrected chi connectivity index (χ2v) is 24.7. The molecule has 0 fully saturated rings. The first-order chi connectivity index (χ1) is 48.3. The molecule has 0 saturated heterocycles. The number of halogens is 7. The van der Waals surface area contributed by atoms with E-state index in [0.29, 0.717) is 82.5 Å². The first kappa shape index (κ1) is 96.8. The van der Waals surface area contributed by atoms with Crippen LogP contribution < -0.4 is 117 Å². The zero-order chi connectivity index (χ0) is 75.7. The Labute approximate surface area is 714 Å². The number of nitrogens with one attached hydrogen (secondary N) is 1. The molecule has 9 aromatic rings. The number of Topliss-reactive ketones (excluding diaryl/α,β-unsaturated/α-hetero) is 2. The predicted molar refractivity (Wildman–Crippen MR) is 393 cm³/mol. The summed E-state index contributed by atoms with van der Waals surface area (Å²) in [6.07, 6.45) is 9.54. The Morgan fingerprint density at radius 1 is 0.613 bits per heavy atom. The largest absolute Gasteiger partial charge is 1.00 e. The maximum atomic E-state index is 12.5. The smallest absolute Gasteiger partial charge is 0.870 e. The molecule has 7 heterocycles. The molecule has 0 saturated carbocycles. The van der Waals surface area contributed by atoms with Gasteiger partial charge in [-0.1, -0.05) is 102 Å². The number of nitrogens with zero attached hydrogens (tertiary/aromatic N) is 12. The molecule has 3 aromatic carbocycles. The van der Waals surface area contributed by atoms with Gasteiger partial charge in [0.2, 0.25) is 23.4 Å². The molecule has 551 valence electrons. The van der Waals surface area contributed by atoms with E-state index in [4.69, 9.17) is 125 Å². The van der Waals surface area contributed by atoms with E-state index in [0.717, 1.165) is 54.8 Å². The van der Waals surface area contributed by atoms with E-state index >= 15 is 0 Å². The van der Waals surface area contributed by atoms with Gasteiger partial charge in [-0.3, -0.25) is 19.4 Å². The summed E-state index contributed by atoms with van der Waals surface area (Å²) in [6.45, 7) is 14.2. The Kier molecular flexibility index (Phi) is 43.4. The van der Waals surface area contributed by atoms with Gasteiger partial charge in [0, 0.05) is 57.9 Å². The number of ketones is 2. The third kappa shape index (κ3) is 29.7. The number of amidine groups is 3. The summed E-state index contributed by atoms with van der Waals surface area (Å²) in [6, 6.07) is 25.2. The van der Waals surface area contributed by atoms with E-state index in [1.807, 2.05) is 69.1 Å². The van der Waals surface area contributed by atoms with Crippen molar-refractivity contribution >= 4 is 141 Å². The number of oxime groups is 2. The number of carbonyl (C=O) groups excluding carboxylic acids is 5. The van der Waals surface area contributed by atoms with Crippen molar-refractivity contribution in [2.24, 2.45) is 26.8 Å². The fourth-order valence-electron chi connectivity index (χ4n) is 8.22. The first-order valence-corrected chi connectivity index (χ1v) is 32.7. The number of aromatic nitrogens is 9. The van der Waals surface area contributed by atoms with Crippen LogP contribution in [-0.2, 0) is 33.8 Å². The number of hydrogen-bond acceptors (Lipinski definition) is 25. The van der Waals surface area contributed by atoms with Gasteiger partial charge in [-0.25, -0.2) is 54.7 Å². The van der Waals surface area contributed by atoms with Gasteiger partial charge in [-0.15, -0.1) is 0 Å². The molecule has 0 bridgehead atoms. The quantitative estimate of drug-likeness (QED) is 0.0145. The van der Waals surface area contributed by atoms with Crippen LogP contribution in [0.25, 0.3) is 17.1 Å². The predicted octanol–water partition coefficient (Wildman–Crippen LogP) is 4.97. The summed E-state index contributed by atoms with van der Waals surface area (Å²) >= 11 is 38.7. The minimum absolute atomic E-state index is 0. The number of carboxylic acid groups (broad SMARTS) is 1. The summed E-state index contributed by atoms with van der Waals surface area (Å²) in [7, 11) is 4.58. The molecule has 3 radical (unpaired) electrons. The molecule has 30 nitrogen and oxygen atoms in total. The molecule has 0 amide bonds. The van der Waals surface area contributed by atoms with Crippen molar-refractivity contribution < 1.29 is 154 Å². The zero-order valence-corrected chi connectivity index (χ0v) is 70.6. The van der Waals surface area contributed by atoms with Crippen molar-refractivity contribution in [2.45, 2.75) is 85.4 Å². The van der Waals surface area contributed by atoms with E-state index in [9.17, 15) is 19.2 Å². The number of imidazole rings is 3. The molecule has 0 spiro atoms. The van der Waals surface area contributed by atoms with Crippen LogP contribution in [0, 0.1) is 20.8 Å². The maximum Gasteiger partial charge on any atom is 1.00 e. The summed E-state index contributed by atoms with van der Waals surface area (Å²) < 4.78 is 21.5. The zero-order valence-electron chi connectivity index (χ0n) is 59.4. The Bertz CT molecular complexity index is 4520. The number of aryl methyl sites for hydroxylation is 3. The number of methoxy groups -OCH3 is 3. The van der Waals surface area contributed by atoms with Crippen LogP contribution in [-0.4, -0.2) is 148 Å². The molecule has 10 rings (SSSR count). The number of rotatable bonds is 16. The fourth-order valence-corrected chi connectivity index (χ4v) is 9.39. The average Bonchev–Trinajstić information content (AvgIpc) is 1.47. The molecule has 106 heavy (non-hydrogen) atoms. The number of carbonyl (C=O) groups is 5. The van der Waals surface area contributed by atoms with Crippen molar-refractivity contribution in [3.63, 3.8) is 0 Å². The van der Waals surface area contributed by atoms with Gasteiger partial charge in [0.1, 0.15) is 46.3 Å². The van der Waals surface area contributed by atoms with Crippen molar-refractivity contribution in [2.75, 3.05) is 21.3 Å². The SMILES string of the molecule is CC(=O)OOC(C)=O.CC(=O)[O-].CC(Br)C(=O)c1ccc(Cl)c(Cl)c1.COc1nc(/C(N)=N/O)ccc1-n1cnc(C)c1.COc1nc(/C(N)=N/OC(C)C(=O)c2ccc(Cl)c(Cl)c2)ccc1-n1cnc(C)c1.COc1nc(C2=N[C@@H](c3ccc(Cl)c(Cl)c3)[C@@H](C)ON2)ccc1-n1cnc(C)c1.[B].[K+].[Na+].[OH-]. The second kappa shape index (κ2) is 47.5. The molecule has 2 unspecified atom stereocenters. The van der Waals surface area contributed by atoms with E-state index in [1.165, 1.54) is 20.3 Å². The monoisotopic (exact) mass is 1670 g/mol. The van der Waals surface area contributed by atoms with Gasteiger partial charge < -0.3 is 64.8 Å². The molecule has 1 aliphatic rings. The number of hydroxylamine groups is 1. The third-order valence-electron chi connectivity index (χ3n) is 13.0. The minimum Gasteiger partial charge on any atom is -0.870 e. The van der Waals surface area contributed by atoms with Gasteiger partial charge in [-0.2, -0.15) is 0 Å². The molecule has 6 aromatic heterocycles. The average molecular weight is 1680 g/mol. The fraction of sp³-hybridized carbons (Fsp3) is 0.242. The summed E-state index contributed by atoms with van der Waals surface area (Å²) in [4.78, 5) is 101. The molecule has 0 aliphatic carbocycles. The van der Waals surface area contributed by atoms with Crippen LogP contribution in [0.15, 0.2) is 144 Å². The van der Waals surface area contributed by atoms with Gasteiger partial charge in [0.15, 0.2) is 29.4 Å². The van der Waals surface area contributed by atoms with Crippen molar-refractivity contribution in [3.8, 4) is 34.7 Å². The number of ether oxygens (including phenoxy) is 3. The van der Waals surface area contributed by atoms with Crippen LogP contribution in [0.3, 0.4) is 0 Å². The van der Waals surface area contributed by atoms with Crippen LogP contribution in [0.4, 0.5) is 0 Å². The van der Waals surface area contributed by atoms with Crippen molar-refractivity contribution in [1.82, 2.24) is 49.1 Å². The number of alkyl halides is 1. The summed E-state index contributed by atoms with van der Waals surface area (Å²) in [5.41, 5.74) is 22.3. The number of hydrogen-bond donors (Lipinski definition) is 4. The number of aliphatic imine (C=N–C) groups is 1. The van der Waals surface area contributed by atoms with E-state index < -0.39 is 24.0 Å². The van der Waals surface area contributed by atoms with Crippen LogP contribution in [0.2, 0.25) is 30.1 Å². The van der Waals surface area contributed by atoms with Gasteiger partial charge in [0.05, 0.1) is 92.4 Å². The number of pyridine rings is 3. The number of benzene rings is 3. The molecule has 40 heteroatoms. The first-order valence-electron chi connectivity index (χ1n) is 29.6. The van der Waals surface area contributed by atoms with Crippen LogP contribution in [0.1, 0.15) is 108 Å². The van der Waals surface area contributed by atoms with Gasteiger partial charge in [-0.05, 0) is 139 Å². The Balaban J connectivity index is 0.000000685. The molecular weight excluding hydrogens is 1610 g/mol. The molecule has 7 N–H and O–H groups in total. The van der Waals surface area contributed by atoms with E-state index in [1.54, 1.807) is 116 Å². The number of aliphatic carboxylic acids is 1. The molecule has 1 aliphatic heterocycles. The minimum atomic E-state index is -1.08. The standard InChI is InChI=1S/C20H19Cl2N5O3.C20H19Cl2N5O2.C11H13N5O2.C9H7BrCl2O.C4H6O4.C2H4O2.B.K.Na.H2O/c1-11-9-27(10-24-11)17-7-6-16(25-20(17)29-3)19(23)26-30-12(2)18(28)13-4-5-14(21)15(22)8-13;1-11-9-27(10-23-11)17-7-6-16(24-20(17)28-3)19-25-18(12(2)29-26-19)13-4-5-14(21)15(22)8-13;1-7-5-16(6-13-7)9-4-3-8(10(12)15-17)14-11(9)18-2;1-5(10)9(13)6-2-3-7(11)8(12)4-6;1-3(5)7-8-4(2)6;1-2(3)4;;;;/h4-10,12H,1-3H3,(H2,23,26);4-10,12,18H,1-3H3,(H,25,26);3-6,17H,1-2H3,(H2,12,15);2-5H,1H3;1-2H3;1H3,(H,3,4);;;;1H2/q;;;;;;;2*+1;/p-2/t;12-,18-;;;;;;;;/m.1......../s1. The van der Waals surface area contributed by atoms with Crippen molar-refractivity contribution in [1.29, 1.82) is 0 Å². The molecule has 4 atom stereocenters. The van der Waals surface area contributed by atoms with Gasteiger partial charge in [0.25, 0.3) is 0 Å². The number of nitrogens with two attached hydrogens (primary N) is 2. The normalized spacial score (nSPS) is 13.0. The summed E-state index contributed by atoms with van der Waals surface area (Å²) in [5, 5.41) is 26.7. The van der Waals surface area contributed by atoms with E-state index in [2.05, 4.69) is 71.4 Å². The van der Waals surface area contributed by atoms with Gasteiger partial charge >= 0.3 is 92.9 Å². The second-order valence-electron chi connectivity index (χ2n) is 20.9. The Morgan fingerprint density at radius 2 is 1.00 bits per heavy atom. The Hall–Kier alpha value is -7.26. The topological polar surface area (TPSA) is 417 Å². The Morgan fingerprint density at radius 3 is 1.37 bits per heavy atom. The third-order valence-corrected chi connectivity index (χ3v) is 15.6. The maximum absolute atomic E-state index is 12.5. The summed E-state index contributed by atoms with van der Waals surface area (Å²) in [5.74, 6) is -1.09. The van der Waals surface area contributed by atoms with Crippen LogP contribution >= 0.6 is 85.5 Å². The van der Waals surface area contributed by atoms with E-state index in [-0.39, 0.29) is 140 Å². The number of carboxylic acids is 1. The van der Waals surface area contributed by atoms with Crippen molar-refractivity contribution in [3.05, 3.63) is 210 Å². The molecular formula is C66H68BBrCl6KN15NaO15.